The zero-order chi connectivity index (χ0) is 18.8. The average Bonchev–Trinajstić information content (AvgIpc) is 3.22. The van der Waals surface area contributed by atoms with Gasteiger partial charge in [0.1, 0.15) is 17.5 Å². The van der Waals surface area contributed by atoms with E-state index in [0.29, 0.717) is 15.1 Å². The largest absolute Gasteiger partial charge is 0.472 e. The van der Waals surface area contributed by atoms with Crippen LogP contribution in [0.25, 0.3) is 6.08 Å². The molecule has 2 aliphatic rings. The maximum Gasteiger partial charge on any atom is 0.270 e. The Morgan fingerprint density at radius 3 is 2.89 bits per heavy atom. The number of carbonyl (C=O) groups is 1. The van der Waals surface area contributed by atoms with E-state index in [1.807, 2.05) is 31.2 Å². The lowest BCUT2D eigenvalue weighted by Crippen LogP contribution is -2.58. The number of carbonyl (C=O) groups excluding carboxylic acids is 1. The second kappa shape index (κ2) is 5.53. The minimum atomic E-state index is -1.03. The number of fused-ring (bicyclic) bond motifs is 6. The van der Waals surface area contributed by atoms with Crippen molar-refractivity contribution in [3.63, 3.8) is 0 Å². The Balaban J connectivity index is 1.85. The van der Waals surface area contributed by atoms with Crippen molar-refractivity contribution >= 4 is 23.2 Å². The Labute approximate surface area is 158 Å². The number of hydrogen-bond acceptors (Lipinski definition) is 6. The average molecular weight is 380 g/mol. The molecule has 2 aliphatic heterocycles. The molecule has 4 heterocycles. The number of benzene rings is 1. The summed E-state index contributed by atoms with van der Waals surface area (Å²) in [6.07, 6.45) is 4.92. The number of ketones is 1. The van der Waals surface area contributed by atoms with Crippen molar-refractivity contribution in [2.75, 3.05) is 0 Å². The number of furan rings is 1. The summed E-state index contributed by atoms with van der Waals surface area (Å²) in [5.74, 6) is 0.0502. The van der Waals surface area contributed by atoms with Gasteiger partial charge >= 0.3 is 0 Å². The molecule has 0 radical (unpaired) electrons. The second-order valence-corrected chi connectivity index (χ2v) is 7.97. The first-order valence-electron chi connectivity index (χ1n) is 8.61. The summed E-state index contributed by atoms with van der Waals surface area (Å²) in [5, 5.41) is 0. The van der Waals surface area contributed by atoms with Crippen LogP contribution in [0.1, 0.15) is 31.0 Å². The predicted molar refractivity (Wildman–Crippen MR) is 99.4 cm³/mol. The van der Waals surface area contributed by atoms with Crippen molar-refractivity contribution in [2.45, 2.75) is 25.6 Å². The highest BCUT2D eigenvalue weighted by Gasteiger charge is 2.53. The number of para-hydroxylation sites is 1. The van der Waals surface area contributed by atoms with Crippen molar-refractivity contribution in [3.05, 3.63) is 73.7 Å². The van der Waals surface area contributed by atoms with E-state index >= 15 is 0 Å². The third-order valence-corrected chi connectivity index (χ3v) is 6.14. The van der Waals surface area contributed by atoms with Gasteiger partial charge in [-0.25, -0.2) is 4.99 Å². The van der Waals surface area contributed by atoms with Crippen LogP contribution in [0.15, 0.2) is 57.1 Å². The Bertz CT molecular complexity index is 1240. The molecule has 0 unspecified atom stereocenters. The Morgan fingerprint density at radius 2 is 2.15 bits per heavy atom. The Morgan fingerprint density at radius 1 is 1.33 bits per heavy atom. The summed E-state index contributed by atoms with van der Waals surface area (Å²) in [7, 11) is 0. The second-order valence-electron chi connectivity index (χ2n) is 6.96. The fraction of sp³-hybridized carbons (Fsp3) is 0.250. The van der Waals surface area contributed by atoms with Gasteiger partial charge in [-0.1, -0.05) is 29.5 Å². The number of ether oxygens (including phenoxy) is 1. The van der Waals surface area contributed by atoms with Crippen LogP contribution >= 0.6 is 11.3 Å². The van der Waals surface area contributed by atoms with Gasteiger partial charge in [0, 0.05) is 11.1 Å². The molecular formula is C20H16N2O4S. The van der Waals surface area contributed by atoms with Crippen LogP contribution in [-0.2, 0) is 4.79 Å². The van der Waals surface area contributed by atoms with Crippen LogP contribution in [0.3, 0.4) is 0 Å². The number of rotatable bonds is 2. The molecule has 0 fully saturated rings. The monoisotopic (exact) mass is 380 g/mol. The molecule has 0 saturated heterocycles. The molecule has 0 aliphatic carbocycles. The number of aromatic nitrogens is 1. The molecule has 2 bridgehead atoms. The summed E-state index contributed by atoms with van der Waals surface area (Å²) in [4.78, 5) is 31.0. The molecule has 6 nitrogen and oxygen atoms in total. The maximum absolute atomic E-state index is 13.2. The van der Waals surface area contributed by atoms with Crippen molar-refractivity contribution in [2.24, 2.45) is 10.9 Å². The highest BCUT2D eigenvalue weighted by molar-refractivity contribution is 7.07. The molecule has 27 heavy (non-hydrogen) atoms. The van der Waals surface area contributed by atoms with Gasteiger partial charge in [-0.05, 0) is 32.1 Å². The first-order valence-corrected chi connectivity index (χ1v) is 9.43. The fourth-order valence-corrected chi connectivity index (χ4v) is 5.16. The third-order valence-electron chi connectivity index (χ3n) is 5.16. The quantitative estimate of drug-likeness (QED) is 0.680. The normalized spacial score (nSPS) is 25.9. The van der Waals surface area contributed by atoms with Gasteiger partial charge in [-0.15, -0.1) is 0 Å². The lowest BCUT2D eigenvalue weighted by atomic mass is 9.79. The van der Waals surface area contributed by atoms with E-state index < -0.39 is 17.7 Å². The van der Waals surface area contributed by atoms with Crippen LogP contribution in [0.4, 0.5) is 0 Å². The van der Waals surface area contributed by atoms with Gasteiger partial charge in [0.2, 0.25) is 5.72 Å². The topological polar surface area (TPSA) is 73.8 Å². The molecule has 5 rings (SSSR count). The van der Waals surface area contributed by atoms with Crippen molar-refractivity contribution in [1.82, 2.24) is 4.57 Å². The Hall–Kier alpha value is -2.93. The van der Waals surface area contributed by atoms with Gasteiger partial charge in [0.15, 0.2) is 4.80 Å². The molecule has 7 heteroatoms. The summed E-state index contributed by atoms with van der Waals surface area (Å²) < 4.78 is 13.4. The van der Waals surface area contributed by atoms with E-state index in [1.54, 1.807) is 29.2 Å². The lowest BCUT2D eigenvalue weighted by molar-refractivity contribution is -0.132. The van der Waals surface area contributed by atoms with Crippen molar-refractivity contribution in [1.29, 1.82) is 0 Å². The summed E-state index contributed by atoms with van der Waals surface area (Å²) in [6.45, 7) is 3.35. The van der Waals surface area contributed by atoms with E-state index in [2.05, 4.69) is 0 Å². The minimum Gasteiger partial charge on any atom is -0.472 e. The number of hydrogen-bond donors (Lipinski definition) is 0. The van der Waals surface area contributed by atoms with Crippen LogP contribution in [0.2, 0.25) is 0 Å². The highest BCUT2D eigenvalue weighted by Crippen LogP contribution is 2.47. The van der Waals surface area contributed by atoms with E-state index in [9.17, 15) is 9.59 Å². The van der Waals surface area contributed by atoms with Crippen molar-refractivity contribution in [3.8, 4) is 5.75 Å². The van der Waals surface area contributed by atoms with E-state index in [1.165, 1.54) is 18.3 Å². The Kier molecular flexibility index (Phi) is 3.33. The number of Topliss-reactive ketones (excluding diaryl/α,β-unsaturated/α-hetero) is 1. The van der Waals surface area contributed by atoms with Crippen LogP contribution in [0.5, 0.6) is 5.75 Å². The molecule has 2 aromatic heterocycles. The summed E-state index contributed by atoms with van der Waals surface area (Å²) in [6, 6.07) is 8.89. The smallest absolute Gasteiger partial charge is 0.270 e. The first kappa shape index (κ1) is 16.3. The standard InChI is InChI=1S/C20H16N2O4S/c1-11(23)16-17-13-5-3-4-6-14(13)26-20(16,2)21-19-22(17)18(24)15(27-19)9-12-7-8-25-10-12/h3-10,16-17H,1-2H3/b15-9+/t16-,17+,20-/m0/s1. The summed E-state index contributed by atoms with van der Waals surface area (Å²) in [5.41, 5.74) is 0.450. The van der Waals surface area contributed by atoms with Gasteiger partial charge < -0.3 is 9.15 Å². The molecule has 3 atom stereocenters. The molecule has 0 N–H and O–H groups in total. The first-order chi connectivity index (χ1) is 13.0. The maximum atomic E-state index is 13.2. The minimum absolute atomic E-state index is 0.0510. The van der Waals surface area contributed by atoms with Crippen LogP contribution in [0, 0.1) is 5.92 Å². The molecule has 1 aromatic carbocycles. The van der Waals surface area contributed by atoms with E-state index in [-0.39, 0.29) is 11.3 Å². The van der Waals surface area contributed by atoms with Crippen LogP contribution < -0.4 is 19.6 Å². The van der Waals surface area contributed by atoms with Gasteiger partial charge in [0.25, 0.3) is 5.56 Å². The molecule has 3 aromatic rings. The lowest BCUT2D eigenvalue weighted by Gasteiger charge is -2.45. The van der Waals surface area contributed by atoms with Gasteiger partial charge in [-0.3, -0.25) is 14.2 Å². The SMILES string of the molecule is CC(=O)[C@H]1[C@H]2c3ccccc3O[C@]1(C)N=c1s/c(=C/c3ccoc3)c(=O)n12. The van der Waals surface area contributed by atoms with Crippen LogP contribution in [-0.4, -0.2) is 16.1 Å². The van der Waals surface area contributed by atoms with E-state index in [4.69, 9.17) is 14.1 Å². The zero-order valence-corrected chi connectivity index (χ0v) is 15.5. The number of thiazole rings is 1. The molecule has 0 amide bonds. The molecule has 0 spiro atoms. The predicted octanol–water partition coefficient (Wildman–Crippen LogP) is 1.87. The zero-order valence-electron chi connectivity index (χ0n) is 14.7. The van der Waals surface area contributed by atoms with Gasteiger partial charge in [0.05, 0.1) is 23.1 Å². The molecule has 136 valence electrons. The molecule has 0 saturated carbocycles. The highest BCUT2D eigenvalue weighted by atomic mass is 32.1. The number of nitrogens with zero attached hydrogens (tertiary/aromatic N) is 2. The van der Waals surface area contributed by atoms with Gasteiger partial charge in [-0.2, -0.15) is 0 Å². The fourth-order valence-electron chi connectivity index (χ4n) is 4.06. The van der Waals surface area contributed by atoms with E-state index in [0.717, 1.165) is 11.1 Å². The third kappa shape index (κ3) is 2.28. The summed E-state index contributed by atoms with van der Waals surface area (Å²) >= 11 is 1.30. The molecular weight excluding hydrogens is 364 g/mol. The van der Waals surface area contributed by atoms with Crippen molar-refractivity contribution < 1.29 is 13.9 Å².